The minimum Gasteiger partial charge on any atom is -0.462 e. The molecule has 0 radical (unpaired) electrons. The molecule has 0 aliphatic carbocycles. The van der Waals surface area contributed by atoms with E-state index in [4.69, 9.17) is 27.9 Å². The Morgan fingerprint density at radius 1 is 1.15 bits per heavy atom. The summed E-state index contributed by atoms with van der Waals surface area (Å²) in [7, 11) is 0. The number of nitriles is 1. The van der Waals surface area contributed by atoms with Crippen LogP contribution in [0.1, 0.15) is 22.8 Å². The lowest BCUT2D eigenvalue weighted by atomic mass is 10.1. The highest BCUT2D eigenvalue weighted by atomic mass is 35.5. The van der Waals surface area contributed by atoms with E-state index in [0.29, 0.717) is 26.9 Å². The highest BCUT2D eigenvalue weighted by Crippen LogP contribution is 2.24. The second kappa shape index (κ2) is 9.04. The van der Waals surface area contributed by atoms with Crippen molar-refractivity contribution < 1.29 is 14.3 Å². The summed E-state index contributed by atoms with van der Waals surface area (Å²) < 4.78 is 4.89. The highest BCUT2D eigenvalue weighted by molar-refractivity contribution is 6.42. The van der Waals surface area contributed by atoms with Crippen molar-refractivity contribution in [1.82, 2.24) is 0 Å². The fraction of sp³-hybridized carbons (Fsp3) is 0.105. The number of nitrogens with zero attached hydrogens (tertiary/aromatic N) is 1. The Kier molecular flexibility index (Phi) is 6.79. The number of amides is 1. The Morgan fingerprint density at radius 3 is 2.42 bits per heavy atom. The van der Waals surface area contributed by atoms with E-state index in [9.17, 15) is 14.9 Å². The van der Waals surface area contributed by atoms with Gasteiger partial charge in [-0.2, -0.15) is 5.26 Å². The van der Waals surface area contributed by atoms with E-state index in [0.717, 1.165) is 0 Å². The first-order chi connectivity index (χ1) is 12.4. The van der Waals surface area contributed by atoms with Crippen LogP contribution in [-0.4, -0.2) is 18.5 Å². The number of nitrogens with one attached hydrogen (secondary N) is 1. The van der Waals surface area contributed by atoms with Crippen LogP contribution < -0.4 is 5.32 Å². The molecule has 0 aliphatic heterocycles. The molecule has 26 heavy (non-hydrogen) atoms. The van der Waals surface area contributed by atoms with E-state index in [1.807, 2.05) is 6.07 Å². The summed E-state index contributed by atoms with van der Waals surface area (Å²) in [5.74, 6) is -1.02. The van der Waals surface area contributed by atoms with Crippen LogP contribution >= 0.6 is 23.2 Å². The Bertz CT molecular complexity index is 900. The van der Waals surface area contributed by atoms with E-state index in [1.165, 1.54) is 18.2 Å². The van der Waals surface area contributed by atoms with E-state index >= 15 is 0 Å². The van der Waals surface area contributed by atoms with Crippen molar-refractivity contribution in [2.24, 2.45) is 0 Å². The summed E-state index contributed by atoms with van der Waals surface area (Å²) in [5, 5.41) is 12.5. The molecule has 0 aromatic heterocycles. The molecule has 0 atom stereocenters. The van der Waals surface area contributed by atoms with Crippen molar-refractivity contribution in [2.45, 2.75) is 6.92 Å². The molecule has 0 spiro atoms. The molecular formula is C19H14Cl2N2O3. The molecule has 5 nitrogen and oxygen atoms in total. The van der Waals surface area contributed by atoms with Crippen molar-refractivity contribution in [3.8, 4) is 6.07 Å². The van der Waals surface area contributed by atoms with Crippen LogP contribution in [0.15, 0.2) is 48.0 Å². The van der Waals surface area contributed by atoms with Gasteiger partial charge in [-0.1, -0.05) is 29.3 Å². The summed E-state index contributed by atoms with van der Waals surface area (Å²) >= 11 is 11.8. The van der Waals surface area contributed by atoms with Crippen LogP contribution in [0.4, 0.5) is 5.69 Å². The fourth-order valence-corrected chi connectivity index (χ4v) is 2.33. The molecule has 0 fully saturated rings. The van der Waals surface area contributed by atoms with Crippen LogP contribution in [0, 0.1) is 11.3 Å². The lowest BCUT2D eigenvalue weighted by molar-refractivity contribution is -0.112. The predicted molar refractivity (Wildman–Crippen MR) is 101 cm³/mol. The summed E-state index contributed by atoms with van der Waals surface area (Å²) in [6.45, 7) is 2.00. The Morgan fingerprint density at radius 2 is 1.85 bits per heavy atom. The van der Waals surface area contributed by atoms with Crippen LogP contribution in [-0.2, 0) is 9.53 Å². The molecule has 0 aliphatic rings. The van der Waals surface area contributed by atoms with Crippen molar-refractivity contribution >= 4 is 46.8 Å². The standard InChI is InChI=1S/C19H14Cl2N2O3/c1-2-26-19(25)13-4-6-15(7-5-13)23-18(24)14(11-22)9-12-3-8-16(20)17(21)10-12/h3-10H,2H2,1H3,(H,23,24)/b14-9+. The van der Waals surface area contributed by atoms with Crippen LogP contribution in [0.3, 0.4) is 0 Å². The normalized spacial score (nSPS) is 10.8. The van der Waals surface area contributed by atoms with Gasteiger partial charge in [-0.05, 0) is 55.0 Å². The molecular weight excluding hydrogens is 375 g/mol. The van der Waals surface area contributed by atoms with Gasteiger partial charge in [0.2, 0.25) is 0 Å². The number of rotatable bonds is 5. The minimum atomic E-state index is -0.581. The first kappa shape index (κ1) is 19.5. The molecule has 132 valence electrons. The van der Waals surface area contributed by atoms with Crippen molar-refractivity contribution in [1.29, 1.82) is 5.26 Å². The average molecular weight is 389 g/mol. The maximum absolute atomic E-state index is 12.3. The number of benzene rings is 2. The summed E-state index contributed by atoms with van der Waals surface area (Å²) in [5.41, 5.74) is 1.29. The maximum Gasteiger partial charge on any atom is 0.338 e. The third-order valence-electron chi connectivity index (χ3n) is 3.27. The largest absolute Gasteiger partial charge is 0.462 e. The van der Waals surface area contributed by atoms with Gasteiger partial charge in [-0.25, -0.2) is 4.79 Å². The second-order valence-electron chi connectivity index (χ2n) is 5.10. The molecule has 2 aromatic carbocycles. The summed E-state index contributed by atoms with van der Waals surface area (Å²) in [6.07, 6.45) is 1.41. The maximum atomic E-state index is 12.3. The monoisotopic (exact) mass is 388 g/mol. The predicted octanol–water partition coefficient (Wildman–Crippen LogP) is 4.72. The number of hydrogen-bond donors (Lipinski definition) is 1. The lowest BCUT2D eigenvalue weighted by Crippen LogP contribution is -2.13. The van der Waals surface area contributed by atoms with Crippen molar-refractivity contribution in [3.05, 3.63) is 69.2 Å². The second-order valence-corrected chi connectivity index (χ2v) is 5.91. The molecule has 0 bridgehead atoms. The van der Waals surface area contributed by atoms with Gasteiger partial charge in [-0.3, -0.25) is 4.79 Å². The number of esters is 1. The zero-order chi connectivity index (χ0) is 19.1. The van der Waals surface area contributed by atoms with Crippen LogP contribution in [0.5, 0.6) is 0 Å². The molecule has 7 heteroatoms. The number of anilines is 1. The molecule has 2 rings (SSSR count). The first-order valence-electron chi connectivity index (χ1n) is 7.60. The van der Waals surface area contributed by atoms with Gasteiger partial charge in [0.1, 0.15) is 11.6 Å². The number of carbonyl (C=O) groups is 2. The smallest absolute Gasteiger partial charge is 0.338 e. The Balaban J connectivity index is 2.14. The zero-order valence-corrected chi connectivity index (χ0v) is 15.3. The quantitative estimate of drug-likeness (QED) is 0.456. The fourth-order valence-electron chi connectivity index (χ4n) is 2.02. The number of hydrogen-bond acceptors (Lipinski definition) is 4. The van der Waals surface area contributed by atoms with E-state index in [2.05, 4.69) is 5.32 Å². The van der Waals surface area contributed by atoms with Crippen LogP contribution in [0.25, 0.3) is 6.08 Å². The molecule has 0 saturated heterocycles. The lowest BCUT2D eigenvalue weighted by Gasteiger charge is -2.06. The van der Waals surface area contributed by atoms with E-state index in [1.54, 1.807) is 37.3 Å². The van der Waals surface area contributed by atoms with Gasteiger partial charge in [0.15, 0.2) is 0 Å². The van der Waals surface area contributed by atoms with Gasteiger partial charge in [0, 0.05) is 5.69 Å². The van der Waals surface area contributed by atoms with Gasteiger partial charge in [0.25, 0.3) is 5.91 Å². The highest BCUT2D eigenvalue weighted by Gasteiger charge is 2.11. The molecule has 0 saturated carbocycles. The van der Waals surface area contributed by atoms with Crippen LogP contribution in [0.2, 0.25) is 10.0 Å². The molecule has 0 unspecified atom stereocenters. The average Bonchev–Trinajstić information content (AvgIpc) is 2.63. The van der Waals surface area contributed by atoms with Gasteiger partial charge in [0.05, 0.1) is 22.2 Å². The van der Waals surface area contributed by atoms with E-state index < -0.39 is 11.9 Å². The van der Waals surface area contributed by atoms with Gasteiger partial charge >= 0.3 is 5.97 Å². The summed E-state index contributed by atoms with van der Waals surface area (Å²) in [6, 6.07) is 12.8. The topological polar surface area (TPSA) is 79.2 Å². The number of halogens is 2. The van der Waals surface area contributed by atoms with Crippen molar-refractivity contribution in [3.63, 3.8) is 0 Å². The number of carbonyl (C=O) groups excluding carboxylic acids is 2. The number of ether oxygens (including phenoxy) is 1. The SMILES string of the molecule is CCOC(=O)c1ccc(NC(=O)/C(C#N)=C/c2ccc(Cl)c(Cl)c2)cc1. The van der Waals surface area contributed by atoms with Crippen molar-refractivity contribution in [2.75, 3.05) is 11.9 Å². The Hall–Kier alpha value is -2.81. The third-order valence-corrected chi connectivity index (χ3v) is 4.01. The summed E-state index contributed by atoms with van der Waals surface area (Å²) in [4.78, 5) is 23.9. The minimum absolute atomic E-state index is 0.0992. The molecule has 1 N–H and O–H groups in total. The third kappa shape index (κ3) is 5.09. The van der Waals surface area contributed by atoms with E-state index in [-0.39, 0.29) is 12.2 Å². The molecule has 1 amide bonds. The van der Waals surface area contributed by atoms with Gasteiger partial charge in [-0.15, -0.1) is 0 Å². The Labute approximate surface area is 160 Å². The molecule has 0 heterocycles. The first-order valence-corrected chi connectivity index (χ1v) is 8.35. The molecule has 2 aromatic rings. The van der Waals surface area contributed by atoms with Gasteiger partial charge < -0.3 is 10.1 Å². The zero-order valence-electron chi connectivity index (χ0n) is 13.8.